The summed E-state index contributed by atoms with van der Waals surface area (Å²) in [6.07, 6.45) is 1.73. The lowest BCUT2D eigenvalue weighted by atomic mass is 10.1. The minimum atomic E-state index is 0.484. The quantitative estimate of drug-likeness (QED) is 0.617. The van der Waals surface area contributed by atoms with Crippen LogP contribution < -0.4 is 10.1 Å². The molecule has 0 saturated heterocycles. The van der Waals surface area contributed by atoms with Crippen LogP contribution in [0.1, 0.15) is 11.1 Å². The second-order valence-electron chi connectivity index (χ2n) is 4.66. The van der Waals surface area contributed by atoms with Crippen LogP contribution in [0.2, 0.25) is 0 Å². The highest BCUT2D eigenvalue weighted by Crippen LogP contribution is 2.35. The average molecular weight is 411 g/mol. The highest BCUT2D eigenvalue weighted by Gasteiger charge is 2.09. The fourth-order valence-corrected chi connectivity index (χ4v) is 3.47. The molecule has 0 aliphatic heterocycles. The Balaban J connectivity index is 2.11. The summed E-state index contributed by atoms with van der Waals surface area (Å²) in [7, 11) is 0. The number of aryl methyl sites for hydroxylation is 1. The summed E-state index contributed by atoms with van der Waals surface area (Å²) in [6, 6.07) is 12.4. The van der Waals surface area contributed by atoms with Crippen molar-refractivity contribution in [1.29, 1.82) is 0 Å². The van der Waals surface area contributed by atoms with Crippen LogP contribution in [0.4, 0.5) is 5.69 Å². The minimum Gasteiger partial charge on any atom is -0.487 e. The molecule has 0 atom stereocenters. The van der Waals surface area contributed by atoms with Crippen LogP contribution in [-0.4, -0.2) is 6.61 Å². The van der Waals surface area contributed by atoms with E-state index < -0.39 is 0 Å². The largest absolute Gasteiger partial charge is 0.487 e. The van der Waals surface area contributed by atoms with Crippen molar-refractivity contribution in [1.82, 2.24) is 0 Å². The van der Waals surface area contributed by atoms with Crippen molar-refractivity contribution in [3.05, 3.63) is 69.1 Å². The highest BCUT2D eigenvalue weighted by atomic mass is 79.9. The number of benzene rings is 2. The topological polar surface area (TPSA) is 21.3 Å². The maximum Gasteiger partial charge on any atom is 0.148 e. The Bertz CT molecular complexity index is 617. The van der Waals surface area contributed by atoms with Gasteiger partial charge in [-0.3, -0.25) is 0 Å². The van der Waals surface area contributed by atoms with E-state index in [2.05, 4.69) is 74.9 Å². The molecule has 0 aliphatic rings. The molecular weight excluding hydrogens is 394 g/mol. The molecule has 0 bridgehead atoms. The van der Waals surface area contributed by atoms with Crippen molar-refractivity contribution < 1.29 is 4.74 Å². The zero-order valence-corrected chi connectivity index (χ0v) is 15.0. The van der Waals surface area contributed by atoms with Crippen molar-refractivity contribution in [2.45, 2.75) is 13.5 Å². The molecule has 0 fully saturated rings. The molecule has 1 N–H and O–H groups in total. The fourth-order valence-electron chi connectivity index (χ4n) is 1.96. The van der Waals surface area contributed by atoms with Crippen molar-refractivity contribution in [3.63, 3.8) is 0 Å². The first-order valence-corrected chi connectivity index (χ1v) is 8.21. The number of hydrogen-bond acceptors (Lipinski definition) is 2. The normalized spacial score (nSPS) is 10.2. The Hall–Kier alpha value is -1.26. The summed E-state index contributed by atoms with van der Waals surface area (Å²) in [4.78, 5) is 0. The molecule has 0 heterocycles. The monoisotopic (exact) mass is 409 g/mol. The summed E-state index contributed by atoms with van der Waals surface area (Å²) in [5.74, 6) is 0.801. The molecule has 0 amide bonds. The Morgan fingerprint density at radius 2 is 1.86 bits per heavy atom. The third-order valence-electron chi connectivity index (χ3n) is 3.03. The van der Waals surface area contributed by atoms with Gasteiger partial charge in [0.15, 0.2) is 0 Å². The molecule has 4 heteroatoms. The summed E-state index contributed by atoms with van der Waals surface area (Å²) in [5, 5.41) is 3.45. The molecule has 21 heavy (non-hydrogen) atoms. The molecule has 0 aliphatic carbocycles. The van der Waals surface area contributed by atoms with E-state index in [1.54, 1.807) is 6.08 Å². The molecule has 0 aromatic heterocycles. The third-order valence-corrected chi connectivity index (χ3v) is 4.21. The summed E-state index contributed by atoms with van der Waals surface area (Å²) >= 11 is 7.10. The van der Waals surface area contributed by atoms with Crippen LogP contribution in [0.5, 0.6) is 5.75 Å². The molecule has 2 nitrogen and oxygen atoms in total. The number of rotatable bonds is 6. The first-order valence-electron chi connectivity index (χ1n) is 6.63. The standard InChI is InChI=1S/C17H17Br2NO/c1-3-8-21-17-14(18)9-13(10-15(17)19)11-20-16-7-5-4-6-12(16)2/h3-7,9-10,20H,1,8,11H2,2H3. The average Bonchev–Trinajstić information content (AvgIpc) is 2.46. The molecule has 0 spiro atoms. The van der Waals surface area contributed by atoms with Gasteiger partial charge in [0.1, 0.15) is 12.4 Å². The third kappa shape index (κ3) is 4.35. The number of nitrogens with one attached hydrogen (secondary N) is 1. The van der Waals surface area contributed by atoms with E-state index in [0.29, 0.717) is 6.61 Å². The fraction of sp³-hybridized carbons (Fsp3) is 0.176. The van der Waals surface area contributed by atoms with Crippen molar-refractivity contribution in [2.24, 2.45) is 0 Å². The van der Waals surface area contributed by atoms with Gasteiger partial charge in [0.2, 0.25) is 0 Å². The van der Waals surface area contributed by atoms with Crippen LogP contribution >= 0.6 is 31.9 Å². The van der Waals surface area contributed by atoms with Gasteiger partial charge < -0.3 is 10.1 Å². The molecule has 2 aromatic rings. The van der Waals surface area contributed by atoms with E-state index in [1.165, 1.54) is 11.1 Å². The first kappa shape index (κ1) is 16.1. The summed E-state index contributed by atoms with van der Waals surface area (Å²) < 4.78 is 7.48. The molecule has 0 saturated carbocycles. The van der Waals surface area contributed by atoms with Gasteiger partial charge in [-0.05, 0) is 68.1 Å². The van der Waals surface area contributed by atoms with Crippen molar-refractivity contribution >= 4 is 37.5 Å². The second kappa shape index (κ2) is 7.66. The summed E-state index contributed by atoms with van der Waals surface area (Å²) in [6.45, 7) is 6.99. The van der Waals surface area contributed by atoms with Gasteiger partial charge in [-0.25, -0.2) is 0 Å². The van der Waals surface area contributed by atoms with E-state index in [0.717, 1.165) is 26.9 Å². The maximum absolute atomic E-state index is 5.62. The van der Waals surface area contributed by atoms with Crippen LogP contribution in [0, 0.1) is 6.92 Å². The van der Waals surface area contributed by atoms with E-state index in [1.807, 2.05) is 12.1 Å². The zero-order valence-electron chi connectivity index (χ0n) is 11.8. The predicted octanol–water partition coefficient (Wildman–Crippen LogP) is 5.70. The van der Waals surface area contributed by atoms with Crippen molar-refractivity contribution in [3.8, 4) is 5.75 Å². The van der Waals surface area contributed by atoms with Gasteiger partial charge in [-0.1, -0.05) is 30.9 Å². The zero-order chi connectivity index (χ0) is 15.2. The lowest BCUT2D eigenvalue weighted by Gasteiger charge is -2.13. The van der Waals surface area contributed by atoms with Gasteiger partial charge in [0, 0.05) is 12.2 Å². The van der Waals surface area contributed by atoms with Gasteiger partial charge in [0.25, 0.3) is 0 Å². The number of ether oxygens (including phenoxy) is 1. The van der Waals surface area contributed by atoms with E-state index in [9.17, 15) is 0 Å². The maximum atomic E-state index is 5.62. The second-order valence-corrected chi connectivity index (χ2v) is 6.37. The highest BCUT2D eigenvalue weighted by molar-refractivity contribution is 9.11. The lowest BCUT2D eigenvalue weighted by Crippen LogP contribution is -2.02. The number of hydrogen-bond donors (Lipinski definition) is 1. The Kier molecular flexibility index (Phi) is 5.88. The Morgan fingerprint density at radius 1 is 1.19 bits per heavy atom. The van der Waals surface area contributed by atoms with E-state index in [-0.39, 0.29) is 0 Å². The smallest absolute Gasteiger partial charge is 0.148 e. The predicted molar refractivity (Wildman–Crippen MR) is 96.0 cm³/mol. The molecule has 2 rings (SSSR count). The molecule has 0 radical (unpaired) electrons. The first-order chi connectivity index (χ1) is 10.1. The van der Waals surface area contributed by atoms with Crippen LogP contribution in [0.15, 0.2) is 58.0 Å². The number of halogens is 2. The Morgan fingerprint density at radius 3 is 2.48 bits per heavy atom. The van der Waals surface area contributed by atoms with Gasteiger partial charge in [-0.15, -0.1) is 0 Å². The summed E-state index contributed by atoms with van der Waals surface area (Å²) in [5.41, 5.74) is 3.56. The molecule has 110 valence electrons. The van der Waals surface area contributed by atoms with Crippen LogP contribution in [0.25, 0.3) is 0 Å². The van der Waals surface area contributed by atoms with Gasteiger partial charge in [0.05, 0.1) is 8.95 Å². The van der Waals surface area contributed by atoms with Gasteiger partial charge >= 0.3 is 0 Å². The Labute approximate surface area is 142 Å². The lowest BCUT2D eigenvalue weighted by molar-refractivity contribution is 0.358. The molecular formula is C17H17Br2NO. The molecule has 0 unspecified atom stereocenters. The number of anilines is 1. The minimum absolute atomic E-state index is 0.484. The van der Waals surface area contributed by atoms with Crippen LogP contribution in [0.3, 0.4) is 0 Å². The SMILES string of the molecule is C=CCOc1c(Br)cc(CNc2ccccc2C)cc1Br. The van der Waals surface area contributed by atoms with Crippen LogP contribution in [-0.2, 0) is 6.54 Å². The molecule has 2 aromatic carbocycles. The van der Waals surface area contributed by atoms with E-state index in [4.69, 9.17) is 4.74 Å². The number of para-hydroxylation sites is 1. The van der Waals surface area contributed by atoms with Gasteiger partial charge in [-0.2, -0.15) is 0 Å². The van der Waals surface area contributed by atoms with Crippen molar-refractivity contribution in [2.75, 3.05) is 11.9 Å². The van der Waals surface area contributed by atoms with E-state index >= 15 is 0 Å².